The zero-order valence-corrected chi connectivity index (χ0v) is 14.0. The van der Waals surface area contributed by atoms with Gasteiger partial charge < -0.3 is 14.8 Å². The van der Waals surface area contributed by atoms with Gasteiger partial charge in [-0.1, -0.05) is 15.9 Å². The molecule has 1 aromatic rings. The van der Waals surface area contributed by atoms with Crippen LogP contribution in [0.5, 0.6) is 5.75 Å². The molecule has 0 radical (unpaired) electrons. The number of amides is 3. The lowest BCUT2D eigenvalue weighted by molar-refractivity contribution is -0.160. The highest BCUT2D eigenvalue weighted by Gasteiger charge is 2.24. The van der Waals surface area contributed by atoms with Crippen molar-refractivity contribution in [1.29, 1.82) is 0 Å². The van der Waals surface area contributed by atoms with E-state index in [1.54, 1.807) is 24.3 Å². The van der Waals surface area contributed by atoms with Crippen molar-refractivity contribution >= 4 is 33.8 Å². The lowest BCUT2D eigenvalue weighted by Crippen LogP contribution is -2.44. The molecule has 0 fully saturated rings. The Kier molecular flexibility index (Phi) is 6.84. The Bertz CT molecular complexity index is 547. The van der Waals surface area contributed by atoms with Gasteiger partial charge in [0.05, 0.1) is 0 Å². The van der Waals surface area contributed by atoms with Gasteiger partial charge in [0.2, 0.25) is 0 Å². The zero-order valence-electron chi connectivity index (χ0n) is 12.4. The Balaban J connectivity index is 2.51. The van der Waals surface area contributed by atoms with Crippen LogP contribution in [0.3, 0.4) is 0 Å². The molecule has 0 bridgehead atoms. The van der Waals surface area contributed by atoms with E-state index in [2.05, 4.69) is 21.2 Å². The van der Waals surface area contributed by atoms with E-state index in [0.717, 1.165) is 4.47 Å². The summed E-state index contributed by atoms with van der Waals surface area (Å²) >= 11 is 3.29. The Morgan fingerprint density at radius 2 is 1.68 bits per heavy atom. The van der Waals surface area contributed by atoms with Crippen molar-refractivity contribution in [2.45, 2.75) is 26.1 Å². The molecule has 0 saturated carbocycles. The highest BCUT2D eigenvalue weighted by molar-refractivity contribution is 9.10. The van der Waals surface area contributed by atoms with Crippen molar-refractivity contribution in [2.75, 3.05) is 7.05 Å². The van der Waals surface area contributed by atoms with Crippen LogP contribution in [0, 0.1) is 0 Å². The molecule has 2 N–H and O–H groups in total. The summed E-state index contributed by atoms with van der Waals surface area (Å²) in [5, 5.41) is 4.24. The fourth-order valence-electron chi connectivity index (χ4n) is 1.36. The first-order chi connectivity index (χ1) is 10.3. The number of hydrogen-bond acceptors (Lipinski definition) is 5. The SMILES string of the molecule is CNC(=O)NC(=O)[C@H](C)OC(=O)[C@@H](C)Oc1ccc(Br)cc1. The minimum atomic E-state index is -1.11. The van der Waals surface area contributed by atoms with E-state index < -0.39 is 30.1 Å². The van der Waals surface area contributed by atoms with Crippen LogP contribution >= 0.6 is 15.9 Å². The third kappa shape index (κ3) is 5.72. The Labute approximate surface area is 136 Å². The van der Waals surface area contributed by atoms with Crippen LogP contribution < -0.4 is 15.4 Å². The highest BCUT2D eigenvalue weighted by atomic mass is 79.9. The molecule has 0 aliphatic heterocycles. The number of rotatable bonds is 5. The van der Waals surface area contributed by atoms with Gasteiger partial charge in [-0.15, -0.1) is 0 Å². The molecule has 1 aromatic carbocycles. The number of hydrogen-bond donors (Lipinski definition) is 2. The molecule has 2 atom stereocenters. The maximum atomic E-state index is 11.8. The molecule has 0 unspecified atom stereocenters. The predicted molar refractivity (Wildman–Crippen MR) is 82.4 cm³/mol. The van der Waals surface area contributed by atoms with Gasteiger partial charge in [-0.05, 0) is 38.1 Å². The topological polar surface area (TPSA) is 93.7 Å². The van der Waals surface area contributed by atoms with E-state index in [0.29, 0.717) is 5.75 Å². The number of esters is 1. The van der Waals surface area contributed by atoms with Gasteiger partial charge in [0, 0.05) is 11.5 Å². The monoisotopic (exact) mass is 372 g/mol. The minimum Gasteiger partial charge on any atom is -0.479 e. The van der Waals surface area contributed by atoms with Gasteiger partial charge in [0.15, 0.2) is 12.2 Å². The van der Waals surface area contributed by atoms with Crippen LogP contribution in [0.4, 0.5) is 4.79 Å². The number of nitrogens with one attached hydrogen (secondary N) is 2. The third-order valence-electron chi connectivity index (χ3n) is 2.58. The summed E-state index contributed by atoms with van der Waals surface area (Å²) in [6, 6.07) is 6.25. The van der Waals surface area contributed by atoms with Gasteiger partial charge >= 0.3 is 12.0 Å². The second kappa shape index (κ2) is 8.38. The number of halogens is 1. The van der Waals surface area contributed by atoms with Gasteiger partial charge in [0.1, 0.15) is 5.75 Å². The van der Waals surface area contributed by atoms with Crippen LogP contribution in [-0.2, 0) is 14.3 Å². The molecule has 0 spiro atoms. The average molecular weight is 373 g/mol. The maximum Gasteiger partial charge on any atom is 0.347 e. The molecule has 3 amide bonds. The summed E-state index contributed by atoms with van der Waals surface area (Å²) < 4.78 is 11.2. The van der Waals surface area contributed by atoms with Crippen molar-refractivity contribution in [2.24, 2.45) is 0 Å². The van der Waals surface area contributed by atoms with Crippen LogP contribution in [0.25, 0.3) is 0 Å². The molecule has 22 heavy (non-hydrogen) atoms. The predicted octanol–water partition coefficient (Wildman–Crippen LogP) is 1.60. The van der Waals surface area contributed by atoms with Crippen molar-refractivity contribution in [3.63, 3.8) is 0 Å². The summed E-state index contributed by atoms with van der Waals surface area (Å²) in [6.45, 7) is 2.87. The van der Waals surface area contributed by atoms with E-state index in [1.807, 2.05) is 5.32 Å². The van der Waals surface area contributed by atoms with Crippen molar-refractivity contribution < 1.29 is 23.9 Å². The van der Waals surface area contributed by atoms with Crippen molar-refractivity contribution in [3.05, 3.63) is 28.7 Å². The summed E-state index contributed by atoms with van der Waals surface area (Å²) in [4.78, 5) is 34.4. The molecule has 1 rings (SSSR count). The molecule has 0 aromatic heterocycles. The van der Waals surface area contributed by atoms with E-state index in [1.165, 1.54) is 20.9 Å². The normalized spacial score (nSPS) is 12.7. The fraction of sp³-hybridized carbons (Fsp3) is 0.357. The summed E-state index contributed by atoms with van der Waals surface area (Å²) in [7, 11) is 1.37. The van der Waals surface area contributed by atoms with Crippen LogP contribution in [-0.4, -0.2) is 37.2 Å². The Hall–Kier alpha value is -2.09. The lowest BCUT2D eigenvalue weighted by atomic mass is 10.3. The van der Waals surface area contributed by atoms with Gasteiger partial charge in [-0.2, -0.15) is 0 Å². The second-order valence-corrected chi connectivity index (χ2v) is 5.28. The summed E-state index contributed by atoms with van der Waals surface area (Å²) in [5.74, 6) is -0.930. The summed E-state index contributed by atoms with van der Waals surface area (Å²) in [6.07, 6.45) is -2.00. The largest absolute Gasteiger partial charge is 0.479 e. The molecule has 0 heterocycles. The highest BCUT2D eigenvalue weighted by Crippen LogP contribution is 2.17. The average Bonchev–Trinajstić information content (AvgIpc) is 2.49. The first-order valence-corrected chi connectivity index (χ1v) is 7.28. The van der Waals surface area contributed by atoms with E-state index in [-0.39, 0.29) is 0 Å². The van der Waals surface area contributed by atoms with Crippen LogP contribution in [0.1, 0.15) is 13.8 Å². The van der Waals surface area contributed by atoms with Crippen LogP contribution in [0.15, 0.2) is 28.7 Å². The van der Waals surface area contributed by atoms with Gasteiger partial charge in [0.25, 0.3) is 5.91 Å². The van der Waals surface area contributed by atoms with E-state index >= 15 is 0 Å². The molecule has 8 heteroatoms. The smallest absolute Gasteiger partial charge is 0.347 e. The number of ether oxygens (including phenoxy) is 2. The first kappa shape index (κ1) is 18.0. The molecular weight excluding hydrogens is 356 g/mol. The maximum absolute atomic E-state index is 11.8. The molecule has 0 aliphatic rings. The molecule has 120 valence electrons. The fourth-order valence-corrected chi connectivity index (χ4v) is 1.63. The Morgan fingerprint density at radius 3 is 2.23 bits per heavy atom. The molecular formula is C14H17BrN2O5. The number of carbonyl (C=O) groups excluding carboxylic acids is 3. The Morgan fingerprint density at radius 1 is 1.09 bits per heavy atom. The number of urea groups is 1. The van der Waals surface area contributed by atoms with Crippen molar-refractivity contribution in [3.8, 4) is 5.75 Å². The minimum absolute atomic E-state index is 0.495. The van der Waals surface area contributed by atoms with E-state index in [9.17, 15) is 14.4 Å². The number of imide groups is 1. The standard InChI is InChI=1S/C14H17BrN2O5/c1-8(12(18)17-14(20)16-3)22-13(19)9(2)21-11-6-4-10(15)5-7-11/h4-9H,1-3H3,(H2,16,17,18,20)/t8-,9+/m0/s1. The van der Waals surface area contributed by atoms with E-state index in [4.69, 9.17) is 9.47 Å². The van der Waals surface area contributed by atoms with Crippen LogP contribution in [0.2, 0.25) is 0 Å². The molecule has 7 nitrogen and oxygen atoms in total. The third-order valence-corrected chi connectivity index (χ3v) is 3.11. The second-order valence-electron chi connectivity index (χ2n) is 4.36. The zero-order chi connectivity index (χ0) is 16.7. The number of carbonyl (C=O) groups is 3. The summed E-state index contributed by atoms with van der Waals surface area (Å²) in [5.41, 5.74) is 0. The number of benzene rings is 1. The molecule has 0 saturated heterocycles. The van der Waals surface area contributed by atoms with Gasteiger partial charge in [-0.3, -0.25) is 10.1 Å². The van der Waals surface area contributed by atoms with Gasteiger partial charge in [-0.25, -0.2) is 9.59 Å². The molecule has 0 aliphatic carbocycles. The van der Waals surface area contributed by atoms with Crippen molar-refractivity contribution in [1.82, 2.24) is 10.6 Å². The quantitative estimate of drug-likeness (QED) is 0.765. The lowest BCUT2D eigenvalue weighted by Gasteiger charge is -2.17. The first-order valence-electron chi connectivity index (χ1n) is 6.48.